The molecule has 0 aromatic heterocycles. The fourth-order valence-corrected chi connectivity index (χ4v) is 3.45. The molecule has 0 saturated carbocycles. The number of hydrogen-bond acceptors (Lipinski definition) is 2. The van der Waals surface area contributed by atoms with E-state index in [0.29, 0.717) is 25.7 Å². The molecule has 0 aromatic rings. The molecule has 26 heavy (non-hydrogen) atoms. The van der Waals surface area contributed by atoms with Crippen molar-refractivity contribution in [1.82, 2.24) is 0 Å². The molecule has 1 rings (SSSR count). The lowest BCUT2D eigenvalue weighted by molar-refractivity contribution is -0.139. The van der Waals surface area contributed by atoms with Gasteiger partial charge in [-0.2, -0.15) is 0 Å². The van der Waals surface area contributed by atoms with Gasteiger partial charge in [0.1, 0.15) is 5.78 Å². The first kappa shape index (κ1) is 22.3. The molecule has 0 bridgehead atoms. The number of hydrogen-bond donors (Lipinski definition) is 0. The van der Waals surface area contributed by atoms with Crippen molar-refractivity contribution >= 4 is 11.6 Å². The Morgan fingerprint density at radius 1 is 1.04 bits per heavy atom. The highest BCUT2D eigenvalue weighted by Gasteiger charge is 2.46. The molecular formula is C24H36O2. The summed E-state index contributed by atoms with van der Waals surface area (Å²) >= 11 is 0. The Balaban J connectivity index is 3.19. The Morgan fingerprint density at radius 2 is 1.62 bits per heavy atom. The van der Waals surface area contributed by atoms with Crippen LogP contribution in [0.1, 0.15) is 80.6 Å². The van der Waals surface area contributed by atoms with Gasteiger partial charge in [0.25, 0.3) is 0 Å². The summed E-state index contributed by atoms with van der Waals surface area (Å²) in [5.41, 5.74) is 3.87. The average Bonchev–Trinajstić information content (AvgIpc) is 2.52. The summed E-state index contributed by atoms with van der Waals surface area (Å²) in [5, 5.41) is 0. The van der Waals surface area contributed by atoms with Crippen LogP contribution in [-0.4, -0.2) is 11.6 Å². The standard InChI is InChI=1S/C24H36O2/c1-17(2)9-8-10-22(25)24(14-13-19(5)6)16-21(12-11-18(3)4)20(7)15-23(24)26/h9,11,13,15,21H,8,10,12,14,16H2,1-7H3/t21-,24-/m0/s1. The molecule has 0 amide bonds. The molecule has 0 aliphatic heterocycles. The van der Waals surface area contributed by atoms with Crippen LogP contribution in [0.2, 0.25) is 0 Å². The van der Waals surface area contributed by atoms with Gasteiger partial charge in [0.2, 0.25) is 0 Å². The fraction of sp³-hybridized carbons (Fsp3) is 0.583. The summed E-state index contributed by atoms with van der Waals surface area (Å²) in [6.07, 6.45) is 11.3. The molecular weight excluding hydrogens is 320 g/mol. The van der Waals surface area contributed by atoms with Crippen molar-refractivity contribution < 1.29 is 9.59 Å². The molecule has 0 saturated heterocycles. The van der Waals surface area contributed by atoms with Crippen LogP contribution < -0.4 is 0 Å². The van der Waals surface area contributed by atoms with E-state index in [4.69, 9.17) is 0 Å². The topological polar surface area (TPSA) is 34.1 Å². The maximum Gasteiger partial charge on any atom is 0.169 e. The predicted octanol–water partition coefficient (Wildman–Crippen LogP) is 6.54. The summed E-state index contributed by atoms with van der Waals surface area (Å²) in [6, 6.07) is 0. The Kier molecular flexibility index (Phi) is 8.46. The zero-order chi connectivity index (χ0) is 19.9. The van der Waals surface area contributed by atoms with E-state index in [1.54, 1.807) is 6.08 Å². The summed E-state index contributed by atoms with van der Waals surface area (Å²) in [5.74, 6) is 0.368. The third-order valence-electron chi connectivity index (χ3n) is 5.20. The van der Waals surface area contributed by atoms with Crippen LogP contribution in [0.4, 0.5) is 0 Å². The summed E-state index contributed by atoms with van der Waals surface area (Å²) in [6.45, 7) is 14.3. The lowest BCUT2D eigenvalue weighted by Crippen LogP contribution is -2.43. The molecule has 2 heteroatoms. The van der Waals surface area contributed by atoms with Gasteiger partial charge in [0.15, 0.2) is 5.78 Å². The zero-order valence-electron chi connectivity index (χ0n) is 17.7. The minimum absolute atomic E-state index is 0.00292. The predicted molar refractivity (Wildman–Crippen MR) is 111 cm³/mol. The summed E-state index contributed by atoms with van der Waals surface area (Å²) < 4.78 is 0. The van der Waals surface area contributed by atoms with Crippen LogP contribution in [0.3, 0.4) is 0 Å². The lowest BCUT2D eigenvalue weighted by Gasteiger charge is -2.37. The number of allylic oxidation sites excluding steroid dienone is 8. The largest absolute Gasteiger partial charge is 0.299 e. The number of carbonyl (C=O) groups excluding carboxylic acids is 2. The molecule has 1 aliphatic rings. The maximum absolute atomic E-state index is 13.2. The van der Waals surface area contributed by atoms with E-state index in [1.165, 1.54) is 11.1 Å². The Bertz CT molecular complexity index is 646. The van der Waals surface area contributed by atoms with Gasteiger partial charge in [-0.15, -0.1) is 0 Å². The number of ketones is 2. The van der Waals surface area contributed by atoms with E-state index in [9.17, 15) is 9.59 Å². The van der Waals surface area contributed by atoms with E-state index >= 15 is 0 Å². The van der Waals surface area contributed by atoms with Gasteiger partial charge in [0, 0.05) is 6.42 Å². The van der Waals surface area contributed by atoms with E-state index in [1.807, 2.05) is 34.6 Å². The van der Waals surface area contributed by atoms with Crippen LogP contribution in [-0.2, 0) is 9.59 Å². The highest BCUT2D eigenvalue weighted by Crippen LogP contribution is 2.43. The third kappa shape index (κ3) is 6.23. The Labute approximate surface area is 160 Å². The molecule has 144 valence electrons. The molecule has 0 aromatic carbocycles. The van der Waals surface area contributed by atoms with Crippen molar-refractivity contribution in [3.8, 4) is 0 Å². The first-order valence-corrected chi connectivity index (χ1v) is 9.74. The van der Waals surface area contributed by atoms with Gasteiger partial charge in [-0.1, -0.05) is 40.5 Å². The van der Waals surface area contributed by atoms with Crippen LogP contribution in [0.15, 0.2) is 46.6 Å². The molecule has 0 fully saturated rings. The SMILES string of the molecule is CC(C)=CCCC(=O)[C@]1(CC=C(C)C)C[C@H](CC=C(C)C)C(C)=CC1=O. The van der Waals surface area contributed by atoms with Crippen LogP contribution in [0.25, 0.3) is 0 Å². The summed E-state index contributed by atoms with van der Waals surface area (Å²) in [7, 11) is 0. The van der Waals surface area contributed by atoms with Crippen molar-refractivity contribution in [1.29, 1.82) is 0 Å². The van der Waals surface area contributed by atoms with Gasteiger partial charge < -0.3 is 0 Å². The molecule has 0 N–H and O–H groups in total. The van der Waals surface area contributed by atoms with Gasteiger partial charge in [-0.3, -0.25) is 9.59 Å². The minimum atomic E-state index is -0.883. The first-order chi connectivity index (χ1) is 12.1. The van der Waals surface area contributed by atoms with Crippen molar-refractivity contribution in [2.24, 2.45) is 11.3 Å². The smallest absolute Gasteiger partial charge is 0.169 e. The second-order valence-corrected chi connectivity index (χ2v) is 8.48. The van der Waals surface area contributed by atoms with Gasteiger partial charge >= 0.3 is 0 Å². The molecule has 1 aliphatic carbocycles. The highest BCUT2D eigenvalue weighted by molar-refractivity contribution is 6.12. The molecule has 2 nitrogen and oxygen atoms in total. The van der Waals surface area contributed by atoms with Gasteiger partial charge in [-0.25, -0.2) is 0 Å². The van der Waals surface area contributed by atoms with Crippen molar-refractivity contribution in [2.45, 2.75) is 80.6 Å². The van der Waals surface area contributed by atoms with Gasteiger partial charge in [0.05, 0.1) is 5.41 Å². The second kappa shape index (κ2) is 9.85. The van der Waals surface area contributed by atoms with Crippen LogP contribution in [0.5, 0.6) is 0 Å². The molecule has 0 radical (unpaired) electrons. The molecule has 0 spiro atoms. The van der Waals surface area contributed by atoms with Gasteiger partial charge in [-0.05, 0) is 86.1 Å². The fourth-order valence-electron chi connectivity index (χ4n) is 3.45. The number of carbonyl (C=O) groups is 2. The van der Waals surface area contributed by atoms with E-state index in [2.05, 4.69) is 32.1 Å². The third-order valence-corrected chi connectivity index (χ3v) is 5.20. The number of Topliss-reactive ketones (excluding diaryl/α,β-unsaturated/α-hetero) is 1. The van der Waals surface area contributed by atoms with E-state index in [-0.39, 0.29) is 17.5 Å². The summed E-state index contributed by atoms with van der Waals surface area (Å²) in [4.78, 5) is 26.2. The zero-order valence-corrected chi connectivity index (χ0v) is 17.7. The average molecular weight is 357 g/mol. The first-order valence-electron chi connectivity index (χ1n) is 9.74. The quantitative estimate of drug-likeness (QED) is 0.366. The molecule has 0 heterocycles. The Hall–Kier alpha value is -1.70. The monoisotopic (exact) mass is 356 g/mol. The van der Waals surface area contributed by atoms with E-state index in [0.717, 1.165) is 17.6 Å². The van der Waals surface area contributed by atoms with Crippen LogP contribution in [0, 0.1) is 11.3 Å². The van der Waals surface area contributed by atoms with Crippen molar-refractivity contribution in [2.75, 3.05) is 0 Å². The normalized spacial score (nSPS) is 22.3. The van der Waals surface area contributed by atoms with E-state index < -0.39 is 5.41 Å². The van der Waals surface area contributed by atoms with Crippen molar-refractivity contribution in [3.63, 3.8) is 0 Å². The van der Waals surface area contributed by atoms with Crippen LogP contribution >= 0.6 is 0 Å². The maximum atomic E-state index is 13.2. The lowest BCUT2D eigenvalue weighted by atomic mass is 9.63. The molecule has 2 atom stereocenters. The Morgan fingerprint density at radius 3 is 2.15 bits per heavy atom. The minimum Gasteiger partial charge on any atom is -0.299 e. The molecule has 0 unspecified atom stereocenters. The number of rotatable bonds is 8. The second-order valence-electron chi connectivity index (χ2n) is 8.48. The highest BCUT2D eigenvalue weighted by atomic mass is 16.2. The van der Waals surface area contributed by atoms with Crippen molar-refractivity contribution in [3.05, 3.63) is 46.6 Å².